The summed E-state index contributed by atoms with van der Waals surface area (Å²) in [6.07, 6.45) is 0. The highest BCUT2D eigenvalue weighted by Gasteiger charge is 2.21. The van der Waals surface area contributed by atoms with Crippen molar-refractivity contribution in [3.05, 3.63) is 28.1 Å². The van der Waals surface area contributed by atoms with Gasteiger partial charge in [0.25, 0.3) is 5.91 Å². The van der Waals surface area contributed by atoms with Gasteiger partial charge in [0.2, 0.25) is 5.91 Å². The molecule has 21 heavy (non-hydrogen) atoms. The molecule has 1 aromatic carbocycles. The van der Waals surface area contributed by atoms with Crippen LogP contribution in [0.15, 0.2) is 18.2 Å². The molecule has 0 saturated carbocycles. The van der Waals surface area contributed by atoms with E-state index in [1.54, 1.807) is 33.3 Å². The molecule has 5 nitrogen and oxygen atoms in total. The van der Waals surface area contributed by atoms with Crippen LogP contribution < -0.4 is 5.73 Å². The predicted octanol–water partition coefficient (Wildman–Crippen LogP) is 2.30. The molecule has 0 spiro atoms. The molecule has 7 heteroatoms. The number of rotatable bonds is 3. The van der Waals surface area contributed by atoms with Crippen LogP contribution in [0.1, 0.15) is 9.67 Å². The Morgan fingerprint density at radius 2 is 1.95 bits per heavy atom. The second-order valence-electron chi connectivity index (χ2n) is 4.93. The maximum atomic E-state index is 12.4. The Kier molecular flexibility index (Phi) is 4.39. The summed E-state index contributed by atoms with van der Waals surface area (Å²) in [6.45, 7) is 0.0142. The van der Waals surface area contributed by atoms with E-state index in [0.717, 1.165) is 10.1 Å². The average molecular weight is 326 g/mol. The molecular weight excluding hydrogens is 310 g/mol. The van der Waals surface area contributed by atoms with Gasteiger partial charge in [0.15, 0.2) is 0 Å². The lowest BCUT2D eigenvalue weighted by atomic mass is 10.2. The molecule has 1 heterocycles. The van der Waals surface area contributed by atoms with E-state index >= 15 is 0 Å². The predicted molar refractivity (Wildman–Crippen MR) is 86.9 cm³/mol. The summed E-state index contributed by atoms with van der Waals surface area (Å²) in [5, 5.41) is 1.34. The van der Waals surface area contributed by atoms with Gasteiger partial charge in [-0.15, -0.1) is 11.3 Å². The molecule has 0 bridgehead atoms. The molecule has 2 rings (SSSR count). The molecule has 2 amide bonds. The van der Waals surface area contributed by atoms with Crippen molar-refractivity contribution in [3.63, 3.8) is 0 Å². The summed E-state index contributed by atoms with van der Waals surface area (Å²) in [4.78, 5) is 27.3. The number of halogens is 1. The number of hydrogen-bond donors (Lipinski definition) is 1. The first-order chi connectivity index (χ1) is 9.81. The third-order valence-electron chi connectivity index (χ3n) is 3.10. The second kappa shape index (κ2) is 5.91. The third-order valence-corrected chi connectivity index (χ3v) is 4.51. The average Bonchev–Trinajstić information content (AvgIpc) is 2.75. The number of hydrogen-bond acceptors (Lipinski definition) is 4. The van der Waals surface area contributed by atoms with Gasteiger partial charge in [-0.2, -0.15) is 0 Å². The maximum Gasteiger partial charge on any atom is 0.266 e. The van der Waals surface area contributed by atoms with Crippen LogP contribution >= 0.6 is 22.9 Å². The minimum Gasteiger partial charge on any atom is -0.397 e. The first kappa shape index (κ1) is 15.6. The zero-order valence-electron chi connectivity index (χ0n) is 12.0. The van der Waals surface area contributed by atoms with Crippen molar-refractivity contribution in [1.29, 1.82) is 0 Å². The van der Waals surface area contributed by atoms with Gasteiger partial charge in [0.1, 0.15) is 4.88 Å². The molecule has 1 aromatic heterocycles. The summed E-state index contributed by atoms with van der Waals surface area (Å²) < 4.78 is 0.896. The third kappa shape index (κ3) is 3.11. The van der Waals surface area contributed by atoms with E-state index in [9.17, 15) is 9.59 Å². The van der Waals surface area contributed by atoms with Crippen molar-refractivity contribution >= 4 is 50.5 Å². The normalized spacial score (nSPS) is 10.7. The number of nitrogens with two attached hydrogens (primary N) is 1. The highest BCUT2D eigenvalue weighted by molar-refractivity contribution is 7.21. The molecule has 0 saturated heterocycles. The van der Waals surface area contributed by atoms with Crippen molar-refractivity contribution in [2.24, 2.45) is 0 Å². The monoisotopic (exact) mass is 325 g/mol. The van der Waals surface area contributed by atoms with E-state index in [2.05, 4.69) is 0 Å². The van der Waals surface area contributed by atoms with Gasteiger partial charge in [0, 0.05) is 36.3 Å². The van der Waals surface area contributed by atoms with Crippen molar-refractivity contribution in [2.45, 2.75) is 0 Å². The largest absolute Gasteiger partial charge is 0.397 e. The van der Waals surface area contributed by atoms with Crippen LogP contribution in [0.4, 0.5) is 5.69 Å². The van der Waals surface area contributed by atoms with Gasteiger partial charge in [-0.3, -0.25) is 9.59 Å². The quantitative estimate of drug-likeness (QED) is 0.941. The van der Waals surface area contributed by atoms with E-state index in [1.165, 1.54) is 21.1 Å². The number of carbonyl (C=O) groups excluding carboxylic acids is 2. The lowest BCUT2D eigenvalue weighted by Gasteiger charge is -2.18. The first-order valence-electron chi connectivity index (χ1n) is 6.24. The molecule has 112 valence electrons. The first-order valence-corrected chi connectivity index (χ1v) is 7.44. The molecule has 0 fully saturated rings. The molecule has 0 aliphatic heterocycles. The topological polar surface area (TPSA) is 66.6 Å². The summed E-state index contributed by atoms with van der Waals surface area (Å²) >= 11 is 7.25. The summed E-state index contributed by atoms with van der Waals surface area (Å²) in [5.41, 5.74) is 6.46. The number of likely N-dealkylation sites (N-methyl/N-ethyl adjacent to an activating group) is 2. The Morgan fingerprint density at radius 1 is 1.29 bits per heavy atom. The van der Waals surface area contributed by atoms with Crippen LogP contribution in [0.25, 0.3) is 10.1 Å². The zero-order chi connectivity index (χ0) is 15.7. The van der Waals surface area contributed by atoms with E-state index in [1.807, 2.05) is 6.07 Å². The smallest absolute Gasteiger partial charge is 0.266 e. The summed E-state index contributed by atoms with van der Waals surface area (Å²) in [7, 11) is 4.88. The van der Waals surface area contributed by atoms with Crippen LogP contribution in [0.2, 0.25) is 5.02 Å². The van der Waals surface area contributed by atoms with E-state index < -0.39 is 0 Å². The fourth-order valence-corrected chi connectivity index (χ4v) is 3.11. The highest BCUT2D eigenvalue weighted by Crippen LogP contribution is 2.35. The second-order valence-corrected chi connectivity index (χ2v) is 6.42. The molecular formula is C14H16ClN3O2S. The minimum absolute atomic E-state index is 0.0142. The van der Waals surface area contributed by atoms with Crippen molar-refractivity contribution in [3.8, 4) is 0 Å². The van der Waals surface area contributed by atoms with Gasteiger partial charge in [-0.25, -0.2) is 0 Å². The number of nitrogen functional groups attached to an aromatic ring is 1. The number of fused-ring (bicyclic) bond motifs is 1. The fraction of sp³-hybridized carbons (Fsp3) is 0.286. The molecule has 2 aromatic rings. The zero-order valence-corrected chi connectivity index (χ0v) is 13.6. The van der Waals surface area contributed by atoms with Gasteiger partial charge in [-0.05, 0) is 18.2 Å². The Morgan fingerprint density at radius 3 is 2.57 bits per heavy atom. The number of thiophene rings is 1. The lowest BCUT2D eigenvalue weighted by molar-refractivity contribution is -0.129. The lowest BCUT2D eigenvalue weighted by Crippen LogP contribution is -2.37. The summed E-state index contributed by atoms with van der Waals surface area (Å²) in [5.74, 6) is -0.409. The van der Waals surface area contributed by atoms with Crippen LogP contribution in [0, 0.1) is 0 Å². The van der Waals surface area contributed by atoms with Crippen molar-refractivity contribution < 1.29 is 9.59 Å². The SMILES string of the molecule is CN(C)C(=O)CN(C)C(=O)c1sc2ccc(Cl)cc2c1N. The molecule has 0 aliphatic carbocycles. The number of anilines is 1. The van der Waals surface area contributed by atoms with E-state index in [4.69, 9.17) is 17.3 Å². The highest BCUT2D eigenvalue weighted by atomic mass is 35.5. The molecule has 0 atom stereocenters. The number of benzene rings is 1. The van der Waals surface area contributed by atoms with Gasteiger partial charge >= 0.3 is 0 Å². The minimum atomic E-state index is -0.264. The van der Waals surface area contributed by atoms with E-state index in [-0.39, 0.29) is 18.4 Å². The molecule has 0 aliphatic rings. The Hall–Kier alpha value is -1.79. The number of carbonyl (C=O) groups is 2. The van der Waals surface area contributed by atoms with Crippen molar-refractivity contribution in [2.75, 3.05) is 33.4 Å². The van der Waals surface area contributed by atoms with Gasteiger partial charge < -0.3 is 15.5 Å². The van der Waals surface area contributed by atoms with Gasteiger partial charge in [0.05, 0.1) is 12.2 Å². The Balaban J connectivity index is 2.31. The molecule has 2 N–H and O–H groups in total. The van der Waals surface area contributed by atoms with Crippen LogP contribution in [-0.2, 0) is 4.79 Å². The van der Waals surface area contributed by atoms with Gasteiger partial charge in [-0.1, -0.05) is 11.6 Å². The van der Waals surface area contributed by atoms with Crippen LogP contribution in [0.3, 0.4) is 0 Å². The molecule has 0 radical (unpaired) electrons. The van der Waals surface area contributed by atoms with Crippen LogP contribution in [0.5, 0.6) is 0 Å². The number of nitrogens with zero attached hydrogens (tertiary/aromatic N) is 2. The van der Waals surface area contributed by atoms with Crippen LogP contribution in [-0.4, -0.2) is 49.3 Å². The van der Waals surface area contributed by atoms with Crippen molar-refractivity contribution in [1.82, 2.24) is 9.80 Å². The standard InChI is InChI=1S/C14H16ClN3O2S/c1-17(2)11(19)7-18(3)14(20)13-12(16)9-6-8(15)4-5-10(9)21-13/h4-6H,7,16H2,1-3H3. The van der Waals surface area contributed by atoms with E-state index in [0.29, 0.717) is 15.6 Å². The Bertz CT molecular complexity index is 712. The fourth-order valence-electron chi connectivity index (χ4n) is 1.84. The maximum absolute atomic E-state index is 12.4. The number of amides is 2. The Labute approximate surface area is 131 Å². The molecule has 0 unspecified atom stereocenters. The summed E-state index contributed by atoms with van der Waals surface area (Å²) in [6, 6.07) is 5.33.